The molecule has 2 aliphatic rings. The highest BCUT2D eigenvalue weighted by atomic mass is 16.3. The second kappa shape index (κ2) is 9.83. The molecule has 3 heteroatoms. The molecule has 136 valence electrons. The van der Waals surface area contributed by atoms with Gasteiger partial charge in [-0.1, -0.05) is 28.2 Å². The van der Waals surface area contributed by atoms with Gasteiger partial charge in [0, 0.05) is 24.6 Å². The second-order valence-corrected chi connectivity index (χ2v) is 7.39. The van der Waals surface area contributed by atoms with Crippen molar-refractivity contribution in [2.24, 2.45) is 17.8 Å². The molecule has 24 heavy (non-hydrogen) atoms. The van der Waals surface area contributed by atoms with E-state index in [0.717, 1.165) is 30.2 Å². The van der Waals surface area contributed by atoms with Gasteiger partial charge in [-0.05, 0) is 68.3 Å². The van der Waals surface area contributed by atoms with E-state index in [9.17, 15) is 4.79 Å². The topological polar surface area (TPSA) is 40.5 Å². The van der Waals surface area contributed by atoms with Crippen LogP contribution >= 0.6 is 0 Å². The fourth-order valence-corrected chi connectivity index (χ4v) is 3.50. The van der Waals surface area contributed by atoms with Crippen LogP contribution in [-0.4, -0.2) is 35.4 Å². The predicted octanol–water partition coefficient (Wildman–Crippen LogP) is 5.00. The van der Waals surface area contributed by atoms with Crippen molar-refractivity contribution in [3.05, 3.63) is 29.8 Å². The zero-order valence-electron chi connectivity index (χ0n) is 14.8. The van der Waals surface area contributed by atoms with E-state index in [1.165, 1.54) is 32.5 Å². The van der Waals surface area contributed by atoms with Gasteiger partial charge < -0.3 is 10.0 Å². The van der Waals surface area contributed by atoms with E-state index >= 15 is 0 Å². The molecule has 1 aromatic carbocycles. The van der Waals surface area contributed by atoms with Crippen molar-refractivity contribution in [2.45, 2.75) is 53.9 Å². The molecular formula is C21H35NO2. The Kier molecular flexibility index (Phi) is 8.47. The first-order valence-electron chi connectivity index (χ1n) is 9.05. The summed E-state index contributed by atoms with van der Waals surface area (Å²) in [7, 11) is 0. The Labute approximate surface area is 148 Å². The van der Waals surface area contributed by atoms with Crippen molar-refractivity contribution < 1.29 is 9.90 Å². The zero-order valence-corrected chi connectivity index (χ0v) is 14.8. The van der Waals surface area contributed by atoms with Crippen LogP contribution in [0.3, 0.4) is 0 Å². The highest BCUT2D eigenvalue weighted by molar-refractivity contribution is 5.99. The molecule has 0 bridgehead atoms. The first kappa shape index (κ1) is 20.7. The van der Waals surface area contributed by atoms with Gasteiger partial charge in [0.2, 0.25) is 0 Å². The number of hydrogen-bond acceptors (Lipinski definition) is 3. The Morgan fingerprint density at radius 2 is 1.67 bits per heavy atom. The minimum absolute atomic E-state index is 0. The minimum atomic E-state index is 0. The third-order valence-electron chi connectivity index (χ3n) is 4.58. The van der Waals surface area contributed by atoms with Crippen LogP contribution < -0.4 is 0 Å². The highest BCUT2D eigenvalue weighted by Crippen LogP contribution is 2.32. The molecule has 0 amide bonds. The molecule has 3 rings (SSSR count). The summed E-state index contributed by atoms with van der Waals surface area (Å²) in [4.78, 5) is 14.0. The fraction of sp³-hybridized carbons (Fsp3) is 0.667. The molecule has 0 spiro atoms. The number of aromatic hydroxyl groups is 1. The van der Waals surface area contributed by atoms with Gasteiger partial charge in [0.05, 0.1) is 0 Å². The van der Waals surface area contributed by atoms with Crippen LogP contribution in [0.4, 0.5) is 0 Å². The van der Waals surface area contributed by atoms with Gasteiger partial charge in [-0.2, -0.15) is 0 Å². The van der Waals surface area contributed by atoms with E-state index in [-0.39, 0.29) is 24.9 Å². The van der Waals surface area contributed by atoms with E-state index in [1.807, 2.05) is 0 Å². The maximum Gasteiger partial charge on any atom is 0.165 e. The van der Waals surface area contributed by atoms with Crippen LogP contribution in [0, 0.1) is 17.8 Å². The van der Waals surface area contributed by atoms with Crippen LogP contribution in [0.5, 0.6) is 5.75 Å². The molecule has 1 saturated heterocycles. The van der Waals surface area contributed by atoms with Crippen molar-refractivity contribution in [3.63, 3.8) is 0 Å². The average Bonchev–Trinajstić information content (AvgIpc) is 3.32. The summed E-state index contributed by atoms with van der Waals surface area (Å²) in [6.07, 6.45) is 4.79. The number of phenolic OH excluding ortho intramolecular Hbond substituents is 1. The number of Topliss-reactive ketones (excluding diaryl/α,β-unsaturated/α-hetero) is 1. The summed E-state index contributed by atoms with van der Waals surface area (Å²) in [5, 5.41) is 8.98. The molecule has 1 aliphatic carbocycles. The lowest BCUT2D eigenvalue weighted by Crippen LogP contribution is -2.38. The molecule has 1 saturated carbocycles. The maximum absolute atomic E-state index is 11.4. The number of nitrogens with zero attached hydrogens (tertiary/aromatic N) is 1. The minimum Gasteiger partial charge on any atom is -0.508 e. The standard InChI is InChI=1S/C10H21N.C10H10O2.CH4/c1-4-5-11-7-9(2)6-10(3)8-11;11-9-5-3-8(4-6-9)10(12)7-1-2-7;/h9-10H,4-8H2,1-3H3;3-7,11H,1-2H2;1H4. The number of hydrogen-bond donors (Lipinski definition) is 1. The summed E-state index contributed by atoms with van der Waals surface area (Å²) < 4.78 is 0. The van der Waals surface area contributed by atoms with Crippen molar-refractivity contribution >= 4 is 5.78 Å². The second-order valence-electron chi connectivity index (χ2n) is 7.39. The number of phenols is 1. The molecule has 0 radical (unpaired) electrons. The lowest BCUT2D eigenvalue weighted by atomic mass is 9.92. The number of piperidine rings is 1. The number of carbonyl (C=O) groups excluding carboxylic acids is 1. The molecule has 0 aromatic heterocycles. The molecule has 3 nitrogen and oxygen atoms in total. The molecule has 1 aromatic rings. The van der Waals surface area contributed by atoms with Gasteiger partial charge in [0.15, 0.2) is 5.78 Å². The highest BCUT2D eigenvalue weighted by Gasteiger charge is 2.30. The Morgan fingerprint density at radius 1 is 1.12 bits per heavy atom. The normalized spacial score (nSPS) is 23.6. The van der Waals surface area contributed by atoms with Gasteiger partial charge in [-0.15, -0.1) is 0 Å². The van der Waals surface area contributed by atoms with Gasteiger partial charge >= 0.3 is 0 Å². The molecule has 1 N–H and O–H groups in total. The Balaban J connectivity index is 0.000000232. The van der Waals surface area contributed by atoms with E-state index in [2.05, 4.69) is 25.7 Å². The van der Waals surface area contributed by atoms with Crippen molar-refractivity contribution in [2.75, 3.05) is 19.6 Å². The summed E-state index contributed by atoms with van der Waals surface area (Å²) in [5.41, 5.74) is 0.718. The first-order valence-corrected chi connectivity index (χ1v) is 9.05. The van der Waals surface area contributed by atoms with Crippen LogP contribution in [0.2, 0.25) is 0 Å². The molecular weight excluding hydrogens is 298 g/mol. The monoisotopic (exact) mass is 333 g/mol. The molecule has 1 heterocycles. The Hall–Kier alpha value is -1.35. The zero-order chi connectivity index (χ0) is 16.8. The molecule has 2 atom stereocenters. The number of benzene rings is 1. The van der Waals surface area contributed by atoms with E-state index in [4.69, 9.17) is 5.11 Å². The molecule has 1 aliphatic heterocycles. The van der Waals surface area contributed by atoms with Gasteiger partial charge in [-0.3, -0.25) is 4.79 Å². The third kappa shape index (κ3) is 6.64. The van der Waals surface area contributed by atoms with Crippen LogP contribution in [0.15, 0.2) is 24.3 Å². The van der Waals surface area contributed by atoms with Gasteiger partial charge in [0.25, 0.3) is 0 Å². The average molecular weight is 334 g/mol. The number of carbonyl (C=O) groups is 1. The van der Waals surface area contributed by atoms with E-state index in [0.29, 0.717) is 0 Å². The SMILES string of the molecule is C.CCCN1CC(C)CC(C)C1.O=C(c1ccc(O)cc1)C1CC1. The number of likely N-dealkylation sites (tertiary alicyclic amines) is 1. The number of ketones is 1. The summed E-state index contributed by atoms with van der Waals surface area (Å²) >= 11 is 0. The quantitative estimate of drug-likeness (QED) is 0.789. The summed E-state index contributed by atoms with van der Waals surface area (Å²) in [5.74, 6) is 2.53. The lowest BCUT2D eigenvalue weighted by molar-refractivity contribution is 0.0967. The van der Waals surface area contributed by atoms with E-state index in [1.54, 1.807) is 24.3 Å². The fourth-order valence-electron chi connectivity index (χ4n) is 3.50. The van der Waals surface area contributed by atoms with Crippen molar-refractivity contribution in [1.82, 2.24) is 4.90 Å². The predicted molar refractivity (Wildman–Crippen MR) is 102 cm³/mol. The van der Waals surface area contributed by atoms with Gasteiger partial charge in [0.1, 0.15) is 5.75 Å². The third-order valence-corrected chi connectivity index (χ3v) is 4.58. The smallest absolute Gasteiger partial charge is 0.165 e. The maximum atomic E-state index is 11.4. The Morgan fingerprint density at radius 3 is 2.12 bits per heavy atom. The largest absolute Gasteiger partial charge is 0.508 e. The van der Waals surface area contributed by atoms with Crippen LogP contribution in [0.25, 0.3) is 0 Å². The van der Waals surface area contributed by atoms with Crippen LogP contribution in [-0.2, 0) is 0 Å². The van der Waals surface area contributed by atoms with Gasteiger partial charge in [-0.25, -0.2) is 0 Å². The van der Waals surface area contributed by atoms with Crippen LogP contribution in [0.1, 0.15) is 64.2 Å². The Bertz CT molecular complexity index is 483. The number of rotatable bonds is 4. The summed E-state index contributed by atoms with van der Waals surface area (Å²) in [6, 6.07) is 6.46. The van der Waals surface area contributed by atoms with Crippen molar-refractivity contribution in [1.29, 1.82) is 0 Å². The first-order chi connectivity index (χ1) is 11.0. The van der Waals surface area contributed by atoms with E-state index < -0.39 is 0 Å². The molecule has 2 fully saturated rings. The molecule has 2 unspecified atom stereocenters. The van der Waals surface area contributed by atoms with Crippen molar-refractivity contribution in [3.8, 4) is 5.75 Å². The lowest BCUT2D eigenvalue weighted by Gasteiger charge is -2.34. The summed E-state index contributed by atoms with van der Waals surface area (Å²) in [6.45, 7) is 11.0.